The fourth-order valence-corrected chi connectivity index (χ4v) is 4.62. The van der Waals surface area contributed by atoms with Gasteiger partial charge >= 0.3 is 0 Å². The van der Waals surface area contributed by atoms with Crippen molar-refractivity contribution in [2.24, 2.45) is 5.84 Å². The Hall–Kier alpha value is -0.850. The number of nitrogens with zero attached hydrogens (tertiary/aromatic N) is 2. The minimum absolute atomic E-state index is 0.636. The van der Waals surface area contributed by atoms with Gasteiger partial charge in [0.05, 0.1) is 11.1 Å². The number of fused-ring (bicyclic) bond motifs is 3. The van der Waals surface area contributed by atoms with Crippen LogP contribution in [0.25, 0.3) is 10.2 Å². The van der Waals surface area contributed by atoms with Gasteiger partial charge in [0, 0.05) is 10.1 Å². The van der Waals surface area contributed by atoms with Crippen LogP contribution in [-0.2, 0) is 18.6 Å². The van der Waals surface area contributed by atoms with Crippen LogP contribution in [0.5, 0.6) is 0 Å². The minimum Gasteiger partial charge on any atom is -0.308 e. The van der Waals surface area contributed by atoms with Crippen LogP contribution >= 0.6 is 23.1 Å². The molecule has 1 aliphatic carbocycles. The topological polar surface area (TPSA) is 63.8 Å². The summed E-state index contributed by atoms with van der Waals surface area (Å²) in [6.07, 6.45) is 4.72. The first-order valence-electron chi connectivity index (χ1n) is 7.12. The predicted molar refractivity (Wildman–Crippen MR) is 88.3 cm³/mol. The van der Waals surface area contributed by atoms with E-state index in [1.165, 1.54) is 29.7 Å². The molecule has 0 spiro atoms. The molecule has 20 heavy (non-hydrogen) atoms. The van der Waals surface area contributed by atoms with Gasteiger partial charge < -0.3 is 5.43 Å². The normalized spacial score (nSPS) is 15.6. The zero-order valence-electron chi connectivity index (χ0n) is 11.9. The van der Waals surface area contributed by atoms with Crippen LogP contribution < -0.4 is 11.3 Å². The molecule has 1 aliphatic rings. The Morgan fingerprint density at radius 1 is 1.40 bits per heavy atom. The average molecular weight is 308 g/mol. The number of hydrazine groups is 1. The third-order valence-electron chi connectivity index (χ3n) is 3.82. The fraction of sp³-hybridized carbons (Fsp3) is 0.571. The van der Waals surface area contributed by atoms with Gasteiger partial charge in [-0.2, -0.15) is 11.8 Å². The van der Waals surface area contributed by atoms with Crippen molar-refractivity contribution < 1.29 is 0 Å². The Bertz CT molecular complexity index is 623. The molecule has 0 aromatic carbocycles. The number of thioether (sulfide) groups is 1. The number of hydrogen-bond acceptors (Lipinski definition) is 6. The molecule has 0 aliphatic heterocycles. The van der Waals surface area contributed by atoms with Crippen molar-refractivity contribution in [2.45, 2.75) is 50.5 Å². The number of aryl methyl sites for hydroxylation is 2. The summed E-state index contributed by atoms with van der Waals surface area (Å²) < 4.78 is 0. The van der Waals surface area contributed by atoms with E-state index in [1.807, 2.05) is 23.1 Å². The number of hydrogen-bond donors (Lipinski definition) is 2. The molecule has 0 saturated heterocycles. The molecule has 1 unspecified atom stereocenters. The Kier molecular flexibility index (Phi) is 4.14. The van der Waals surface area contributed by atoms with Crippen LogP contribution in [0.15, 0.2) is 0 Å². The van der Waals surface area contributed by atoms with Crippen molar-refractivity contribution in [2.75, 3.05) is 5.43 Å². The molecule has 3 rings (SSSR count). The van der Waals surface area contributed by atoms with Crippen LogP contribution in [-0.4, -0.2) is 15.2 Å². The van der Waals surface area contributed by atoms with E-state index in [2.05, 4.69) is 24.3 Å². The molecule has 3 N–H and O–H groups in total. The second-order valence-electron chi connectivity index (χ2n) is 5.20. The first-order valence-corrected chi connectivity index (χ1v) is 8.98. The molecular weight excluding hydrogens is 288 g/mol. The lowest BCUT2D eigenvalue weighted by Gasteiger charge is -2.09. The van der Waals surface area contributed by atoms with E-state index in [4.69, 9.17) is 10.8 Å². The lowest BCUT2D eigenvalue weighted by atomic mass is 10.2. The Morgan fingerprint density at radius 3 is 3.00 bits per heavy atom. The summed E-state index contributed by atoms with van der Waals surface area (Å²) in [6, 6.07) is 0. The van der Waals surface area contributed by atoms with Crippen LogP contribution in [0.2, 0.25) is 0 Å². The maximum Gasteiger partial charge on any atom is 0.152 e. The van der Waals surface area contributed by atoms with Gasteiger partial charge in [0.2, 0.25) is 0 Å². The van der Waals surface area contributed by atoms with Gasteiger partial charge in [0.25, 0.3) is 0 Å². The van der Waals surface area contributed by atoms with Crippen LogP contribution in [0, 0.1) is 0 Å². The van der Waals surface area contributed by atoms with E-state index in [9.17, 15) is 0 Å². The smallest absolute Gasteiger partial charge is 0.152 e. The van der Waals surface area contributed by atoms with Gasteiger partial charge in [-0.3, -0.25) is 0 Å². The number of aromatic nitrogens is 2. The highest BCUT2D eigenvalue weighted by atomic mass is 32.2. The molecule has 0 radical (unpaired) electrons. The molecule has 2 aromatic heterocycles. The number of nitrogens with two attached hydrogens (primary N) is 1. The highest BCUT2D eigenvalue weighted by Crippen LogP contribution is 2.39. The standard InChI is InChI=1S/C14H20N4S2/c1-3-8(2)19-7-11-16-13(18-15)12-9-5-4-6-10(9)20-14(12)17-11/h8H,3-7,15H2,1-2H3,(H,16,17,18). The highest BCUT2D eigenvalue weighted by molar-refractivity contribution is 7.99. The van der Waals surface area contributed by atoms with E-state index in [0.29, 0.717) is 5.25 Å². The van der Waals surface area contributed by atoms with Crippen LogP contribution in [0.4, 0.5) is 5.82 Å². The largest absolute Gasteiger partial charge is 0.308 e. The monoisotopic (exact) mass is 308 g/mol. The van der Waals surface area contributed by atoms with E-state index in [-0.39, 0.29) is 0 Å². The average Bonchev–Trinajstić information content (AvgIpc) is 3.03. The first kappa shape index (κ1) is 14.1. The number of nitrogen functional groups attached to an aromatic ring is 1. The van der Waals surface area contributed by atoms with Gasteiger partial charge in [-0.05, 0) is 31.2 Å². The fourth-order valence-electron chi connectivity index (χ4n) is 2.54. The molecule has 1 atom stereocenters. The minimum atomic E-state index is 0.636. The predicted octanol–water partition coefficient (Wildman–Crippen LogP) is 3.50. The summed E-state index contributed by atoms with van der Waals surface area (Å²) in [5.41, 5.74) is 4.19. The number of anilines is 1. The number of nitrogens with one attached hydrogen (secondary N) is 1. The van der Waals surface area contributed by atoms with E-state index in [0.717, 1.165) is 34.0 Å². The van der Waals surface area contributed by atoms with E-state index in [1.54, 1.807) is 0 Å². The molecule has 2 aromatic rings. The van der Waals surface area contributed by atoms with Gasteiger partial charge in [-0.25, -0.2) is 15.8 Å². The lowest BCUT2D eigenvalue weighted by molar-refractivity contribution is 0.902. The second-order valence-corrected chi connectivity index (χ2v) is 7.71. The summed E-state index contributed by atoms with van der Waals surface area (Å²) in [7, 11) is 0. The lowest BCUT2D eigenvalue weighted by Crippen LogP contribution is -2.11. The first-order chi connectivity index (χ1) is 9.72. The zero-order chi connectivity index (χ0) is 14.1. The summed E-state index contributed by atoms with van der Waals surface area (Å²) in [4.78, 5) is 11.9. The van der Waals surface area contributed by atoms with Gasteiger partial charge in [-0.15, -0.1) is 11.3 Å². The van der Waals surface area contributed by atoms with E-state index < -0.39 is 0 Å². The summed E-state index contributed by atoms with van der Waals surface area (Å²) >= 11 is 3.71. The van der Waals surface area contributed by atoms with Crippen molar-refractivity contribution >= 4 is 39.1 Å². The van der Waals surface area contributed by atoms with Crippen molar-refractivity contribution in [1.82, 2.24) is 9.97 Å². The second kappa shape index (κ2) is 5.87. The SMILES string of the molecule is CCC(C)SCc1nc(NN)c2c3c(sc2n1)CCC3. The van der Waals surface area contributed by atoms with Gasteiger partial charge in [0.1, 0.15) is 10.7 Å². The maximum atomic E-state index is 5.68. The molecule has 0 amide bonds. The van der Waals surface area contributed by atoms with E-state index >= 15 is 0 Å². The molecule has 4 nitrogen and oxygen atoms in total. The van der Waals surface area contributed by atoms with Gasteiger partial charge in [-0.1, -0.05) is 13.8 Å². The Labute approximate surface area is 127 Å². The van der Waals surface area contributed by atoms with Crippen LogP contribution in [0.1, 0.15) is 43.0 Å². The molecule has 0 bridgehead atoms. The summed E-state index contributed by atoms with van der Waals surface area (Å²) in [5.74, 6) is 8.21. The number of rotatable bonds is 5. The van der Waals surface area contributed by atoms with Crippen molar-refractivity contribution in [3.05, 3.63) is 16.3 Å². The molecule has 0 fully saturated rings. The Morgan fingerprint density at radius 2 is 2.25 bits per heavy atom. The molecule has 2 heterocycles. The van der Waals surface area contributed by atoms with Gasteiger partial charge in [0.15, 0.2) is 5.82 Å². The summed E-state index contributed by atoms with van der Waals surface area (Å²) in [6.45, 7) is 4.45. The molecule has 108 valence electrons. The molecule has 0 saturated carbocycles. The Balaban J connectivity index is 1.96. The number of thiophene rings is 1. The third kappa shape index (κ3) is 2.52. The quantitative estimate of drug-likeness (QED) is 0.654. The highest BCUT2D eigenvalue weighted by Gasteiger charge is 2.22. The van der Waals surface area contributed by atoms with Crippen LogP contribution in [0.3, 0.4) is 0 Å². The third-order valence-corrected chi connectivity index (χ3v) is 6.33. The zero-order valence-corrected chi connectivity index (χ0v) is 13.5. The maximum absolute atomic E-state index is 5.68. The van der Waals surface area contributed by atoms with Crippen molar-refractivity contribution in [1.29, 1.82) is 0 Å². The molecular formula is C14H20N4S2. The summed E-state index contributed by atoms with van der Waals surface area (Å²) in [5, 5.41) is 1.79. The van der Waals surface area contributed by atoms with Crippen molar-refractivity contribution in [3.63, 3.8) is 0 Å². The molecule has 6 heteroatoms. The van der Waals surface area contributed by atoms with Crippen molar-refractivity contribution in [3.8, 4) is 0 Å².